The standard InChI is InChI=1S/C37H43FN4O7/c1-23(2)12-14-42(37(46)49-22-48-36(45)21-40-34(44)20-39-27(7)43)29-9-10-30(33(38)18-29)32-17-25(5)31(16-26(32)6)28-8-11-35(41-19-28)47-15-13-24(3)4/h8-13,16-19H,14-15,20-22H2,1-7H3,(H,39,43)(H,40,44). The van der Waals surface area contributed by atoms with E-state index < -0.39 is 43.0 Å². The predicted molar refractivity (Wildman–Crippen MR) is 185 cm³/mol. The molecular weight excluding hydrogens is 631 g/mol. The third kappa shape index (κ3) is 11.9. The lowest BCUT2D eigenvalue weighted by molar-refractivity contribution is -0.151. The van der Waals surface area contributed by atoms with E-state index >= 15 is 4.39 Å². The maximum atomic E-state index is 15.7. The van der Waals surface area contributed by atoms with E-state index in [4.69, 9.17) is 14.2 Å². The van der Waals surface area contributed by atoms with Gasteiger partial charge in [0.15, 0.2) is 0 Å². The summed E-state index contributed by atoms with van der Waals surface area (Å²) in [6.45, 7) is 11.8. The van der Waals surface area contributed by atoms with E-state index in [1.807, 2.05) is 71.9 Å². The molecule has 0 atom stereocenters. The van der Waals surface area contributed by atoms with Gasteiger partial charge < -0.3 is 24.8 Å². The van der Waals surface area contributed by atoms with Crippen LogP contribution < -0.4 is 20.3 Å². The molecule has 0 spiro atoms. The largest absolute Gasteiger partial charge is 0.473 e. The zero-order valence-corrected chi connectivity index (χ0v) is 28.9. The van der Waals surface area contributed by atoms with E-state index in [2.05, 4.69) is 15.6 Å². The first-order valence-corrected chi connectivity index (χ1v) is 15.6. The van der Waals surface area contributed by atoms with Gasteiger partial charge in [-0.15, -0.1) is 0 Å². The number of amides is 3. The molecule has 3 rings (SSSR count). The van der Waals surface area contributed by atoms with Crippen LogP contribution in [-0.2, 0) is 23.9 Å². The normalized spacial score (nSPS) is 10.4. The number of esters is 1. The number of carbonyl (C=O) groups is 4. The van der Waals surface area contributed by atoms with Crippen molar-refractivity contribution in [1.29, 1.82) is 0 Å². The molecule has 12 heteroatoms. The molecule has 0 aliphatic carbocycles. The van der Waals surface area contributed by atoms with Gasteiger partial charge in [0.2, 0.25) is 24.5 Å². The summed E-state index contributed by atoms with van der Waals surface area (Å²) in [6.07, 6.45) is 4.63. The number of hydrogen-bond donors (Lipinski definition) is 2. The Labute approximate surface area is 286 Å². The van der Waals surface area contributed by atoms with Crippen LogP contribution in [0.3, 0.4) is 0 Å². The van der Waals surface area contributed by atoms with Gasteiger partial charge in [-0.3, -0.25) is 19.3 Å². The predicted octanol–water partition coefficient (Wildman–Crippen LogP) is 6.18. The number of benzene rings is 2. The molecule has 49 heavy (non-hydrogen) atoms. The van der Waals surface area contributed by atoms with Crippen LogP contribution in [0.4, 0.5) is 14.9 Å². The smallest absolute Gasteiger partial charge is 0.417 e. The lowest BCUT2D eigenvalue weighted by Crippen LogP contribution is -2.39. The minimum atomic E-state index is -0.870. The number of hydrogen-bond acceptors (Lipinski definition) is 8. The number of nitrogens with one attached hydrogen (secondary N) is 2. The van der Waals surface area contributed by atoms with Gasteiger partial charge in [0.1, 0.15) is 19.0 Å². The fourth-order valence-corrected chi connectivity index (χ4v) is 4.50. The molecule has 0 saturated carbocycles. The van der Waals surface area contributed by atoms with Gasteiger partial charge in [-0.25, -0.2) is 14.2 Å². The molecule has 0 fully saturated rings. The van der Waals surface area contributed by atoms with Crippen molar-refractivity contribution in [1.82, 2.24) is 15.6 Å². The van der Waals surface area contributed by atoms with E-state index in [0.29, 0.717) is 23.6 Å². The van der Waals surface area contributed by atoms with Gasteiger partial charge >= 0.3 is 12.1 Å². The van der Waals surface area contributed by atoms with E-state index in [1.165, 1.54) is 17.9 Å². The van der Waals surface area contributed by atoms with Gasteiger partial charge in [-0.2, -0.15) is 0 Å². The van der Waals surface area contributed by atoms with Crippen LogP contribution in [0.2, 0.25) is 0 Å². The van der Waals surface area contributed by atoms with Crippen LogP contribution in [-0.4, -0.2) is 61.9 Å². The molecule has 2 aromatic carbocycles. The number of nitrogens with zero attached hydrogens (tertiary/aromatic N) is 2. The topological polar surface area (TPSA) is 136 Å². The summed E-state index contributed by atoms with van der Waals surface area (Å²) in [5.41, 5.74) is 7.04. The second kappa shape index (κ2) is 18.1. The number of aromatic nitrogens is 1. The highest BCUT2D eigenvalue weighted by Crippen LogP contribution is 2.34. The van der Waals surface area contributed by atoms with Crippen LogP contribution in [0.15, 0.2) is 72.0 Å². The molecule has 0 unspecified atom stereocenters. The van der Waals surface area contributed by atoms with Crippen LogP contribution in [0, 0.1) is 19.7 Å². The number of aryl methyl sites for hydroxylation is 2. The number of carbonyl (C=O) groups excluding carboxylic acids is 4. The van der Waals surface area contributed by atoms with Gasteiger partial charge in [-0.05, 0) is 94.1 Å². The number of ether oxygens (including phenoxy) is 3. The summed E-state index contributed by atoms with van der Waals surface area (Å²) in [7, 11) is 0. The third-order valence-electron chi connectivity index (χ3n) is 7.13. The Morgan fingerprint density at radius 1 is 0.816 bits per heavy atom. The van der Waals surface area contributed by atoms with Crippen molar-refractivity contribution in [2.24, 2.45) is 0 Å². The van der Waals surface area contributed by atoms with Crippen molar-refractivity contribution in [3.8, 4) is 28.1 Å². The van der Waals surface area contributed by atoms with Gasteiger partial charge in [0.25, 0.3) is 0 Å². The monoisotopic (exact) mass is 674 g/mol. The summed E-state index contributed by atoms with van der Waals surface area (Å²) < 4.78 is 31.4. The van der Waals surface area contributed by atoms with Crippen LogP contribution >= 0.6 is 0 Å². The minimum Gasteiger partial charge on any atom is -0.473 e. The zero-order chi connectivity index (χ0) is 36.1. The maximum absolute atomic E-state index is 15.7. The molecule has 1 aromatic heterocycles. The second-order valence-electron chi connectivity index (χ2n) is 11.7. The lowest BCUT2D eigenvalue weighted by Gasteiger charge is -2.22. The molecule has 3 amide bonds. The van der Waals surface area contributed by atoms with Gasteiger partial charge in [0, 0.05) is 36.9 Å². The summed E-state index contributed by atoms with van der Waals surface area (Å²) in [6, 6.07) is 12.2. The van der Waals surface area contributed by atoms with Crippen LogP contribution in [0.1, 0.15) is 45.7 Å². The Morgan fingerprint density at radius 2 is 1.51 bits per heavy atom. The Kier molecular flexibility index (Phi) is 14.0. The van der Waals surface area contributed by atoms with Crippen molar-refractivity contribution >= 4 is 29.6 Å². The van der Waals surface area contributed by atoms with E-state index in [9.17, 15) is 19.2 Å². The Balaban J connectivity index is 1.72. The molecule has 260 valence electrons. The highest BCUT2D eigenvalue weighted by Gasteiger charge is 2.20. The molecule has 2 N–H and O–H groups in total. The van der Waals surface area contributed by atoms with Crippen molar-refractivity contribution in [2.45, 2.75) is 48.5 Å². The minimum absolute atomic E-state index is 0.0761. The number of allylic oxidation sites excluding steroid dienone is 2. The first-order chi connectivity index (χ1) is 23.2. The number of pyridine rings is 1. The Morgan fingerprint density at radius 3 is 2.14 bits per heavy atom. The molecule has 0 radical (unpaired) electrons. The molecule has 0 saturated heterocycles. The molecule has 0 aliphatic rings. The quantitative estimate of drug-likeness (QED) is 0.118. The fraction of sp³-hybridized carbons (Fsp3) is 0.324. The second-order valence-corrected chi connectivity index (χ2v) is 11.7. The van der Waals surface area contributed by atoms with Gasteiger partial charge in [-0.1, -0.05) is 29.4 Å². The number of anilines is 1. The van der Waals surface area contributed by atoms with Crippen LogP contribution in [0.5, 0.6) is 5.88 Å². The summed E-state index contributed by atoms with van der Waals surface area (Å²) in [5, 5.41) is 4.57. The lowest BCUT2D eigenvalue weighted by atomic mass is 9.92. The van der Waals surface area contributed by atoms with Crippen molar-refractivity contribution in [3.63, 3.8) is 0 Å². The first-order valence-electron chi connectivity index (χ1n) is 15.6. The molecule has 1 heterocycles. The SMILES string of the molecule is CC(=O)NCC(=O)NCC(=O)OCOC(=O)N(CC=C(C)C)c1ccc(-c2cc(C)c(-c3ccc(OCC=C(C)C)nc3)cc2C)c(F)c1. The van der Waals surface area contributed by atoms with Crippen LogP contribution in [0.25, 0.3) is 22.3 Å². The highest BCUT2D eigenvalue weighted by molar-refractivity contribution is 5.89. The molecule has 0 bridgehead atoms. The molecular formula is C37H43FN4O7. The average Bonchev–Trinajstić information content (AvgIpc) is 3.04. The van der Waals surface area contributed by atoms with Crippen molar-refractivity contribution < 1.29 is 37.8 Å². The van der Waals surface area contributed by atoms with Crippen molar-refractivity contribution in [2.75, 3.05) is 37.9 Å². The molecule has 0 aliphatic heterocycles. The molecule has 11 nitrogen and oxygen atoms in total. The fourth-order valence-electron chi connectivity index (χ4n) is 4.50. The maximum Gasteiger partial charge on any atom is 0.417 e. The van der Waals surface area contributed by atoms with Gasteiger partial charge in [0.05, 0.1) is 12.2 Å². The highest BCUT2D eigenvalue weighted by atomic mass is 19.1. The van der Waals surface area contributed by atoms with E-state index in [0.717, 1.165) is 33.4 Å². The number of halogens is 1. The zero-order valence-electron chi connectivity index (χ0n) is 28.9. The summed E-state index contributed by atoms with van der Waals surface area (Å²) in [5.74, 6) is -1.85. The Hall–Kier alpha value is -5.52. The third-order valence-corrected chi connectivity index (χ3v) is 7.13. The number of rotatable bonds is 14. The van der Waals surface area contributed by atoms with Crippen molar-refractivity contribution in [3.05, 3.63) is 88.9 Å². The Bertz CT molecular complexity index is 1730. The van der Waals surface area contributed by atoms with E-state index in [1.54, 1.807) is 24.4 Å². The molecule has 3 aromatic rings. The summed E-state index contributed by atoms with van der Waals surface area (Å²) in [4.78, 5) is 53.2. The first kappa shape index (κ1) is 37.9. The summed E-state index contributed by atoms with van der Waals surface area (Å²) >= 11 is 0. The van der Waals surface area contributed by atoms with E-state index in [-0.39, 0.29) is 18.8 Å². The average molecular weight is 675 g/mol.